The molecular weight excluding hydrogens is 240 g/mol. The third kappa shape index (κ3) is 3.20. The van der Waals surface area contributed by atoms with Gasteiger partial charge in [0, 0.05) is 19.4 Å². The Balaban J connectivity index is 2.04. The number of imidazole rings is 1. The van der Waals surface area contributed by atoms with Gasteiger partial charge in [-0.15, -0.1) is 0 Å². The number of rotatable bonds is 4. The fraction of sp³-hybridized carbons (Fsp3) is 0.286. The molecule has 0 fully saturated rings. The first-order valence-electron chi connectivity index (χ1n) is 6.13. The molecule has 0 aliphatic rings. The lowest BCUT2D eigenvalue weighted by Gasteiger charge is -2.20. The number of carbonyl (C=O) groups is 1. The van der Waals surface area contributed by atoms with Crippen LogP contribution in [-0.2, 0) is 11.3 Å². The van der Waals surface area contributed by atoms with Crippen LogP contribution in [0.15, 0.2) is 36.7 Å². The smallest absolute Gasteiger partial charge is 0.244 e. The summed E-state index contributed by atoms with van der Waals surface area (Å²) in [6.45, 7) is 2.42. The third-order valence-electron chi connectivity index (χ3n) is 3.02. The molecule has 0 radical (unpaired) electrons. The van der Waals surface area contributed by atoms with E-state index in [2.05, 4.69) is 9.97 Å². The average molecular weight is 258 g/mol. The summed E-state index contributed by atoms with van der Waals surface area (Å²) in [6.07, 6.45) is 3.39. The molecule has 1 aromatic heterocycles. The second-order valence-corrected chi connectivity index (χ2v) is 4.62. The van der Waals surface area contributed by atoms with Crippen LogP contribution in [0.5, 0.6) is 0 Å². The zero-order valence-corrected chi connectivity index (χ0v) is 11.1. The molecule has 1 amide bonds. The SMILES string of the molecule is Cc1ccc(C(N)C(=O)N(C)Cc2ncc[nH]2)cc1. The third-order valence-corrected chi connectivity index (χ3v) is 3.02. The maximum absolute atomic E-state index is 12.2. The Kier molecular flexibility index (Phi) is 3.97. The molecule has 1 heterocycles. The molecule has 0 saturated heterocycles. The zero-order valence-electron chi connectivity index (χ0n) is 11.1. The molecule has 2 rings (SSSR count). The van der Waals surface area contributed by atoms with Gasteiger partial charge in [-0.25, -0.2) is 4.98 Å². The minimum atomic E-state index is -0.638. The maximum atomic E-state index is 12.2. The highest BCUT2D eigenvalue weighted by Crippen LogP contribution is 2.14. The minimum Gasteiger partial charge on any atom is -0.347 e. The highest BCUT2D eigenvalue weighted by atomic mass is 16.2. The monoisotopic (exact) mass is 258 g/mol. The lowest BCUT2D eigenvalue weighted by atomic mass is 10.0. The van der Waals surface area contributed by atoms with Crippen LogP contribution < -0.4 is 5.73 Å². The van der Waals surface area contributed by atoms with Crippen LogP contribution in [0.1, 0.15) is 23.0 Å². The molecular formula is C14H18N4O. The first-order valence-corrected chi connectivity index (χ1v) is 6.13. The number of H-pyrrole nitrogens is 1. The quantitative estimate of drug-likeness (QED) is 0.870. The van der Waals surface area contributed by atoms with Crippen molar-refractivity contribution in [1.82, 2.24) is 14.9 Å². The summed E-state index contributed by atoms with van der Waals surface area (Å²) in [5.41, 5.74) is 7.96. The fourth-order valence-electron chi connectivity index (χ4n) is 1.84. The normalized spacial score (nSPS) is 12.2. The zero-order chi connectivity index (χ0) is 13.8. The van der Waals surface area contributed by atoms with E-state index in [0.717, 1.165) is 17.0 Å². The second kappa shape index (κ2) is 5.67. The average Bonchev–Trinajstić information content (AvgIpc) is 2.90. The van der Waals surface area contributed by atoms with Crippen LogP contribution in [0.4, 0.5) is 0 Å². The van der Waals surface area contributed by atoms with E-state index in [1.165, 1.54) is 0 Å². The number of likely N-dealkylation sites (N-methyl/N-ethyl adjacent to an activating group) is 1. The van der Waals surface area contributed by atoms with Crippen LogP contribution in [-0.4, -0.2) is 27.8 Å². The number of carbonyl (C=O) groups excluding carboxylic acids is 1. The first-order chi connectivity index (χ1) is 9.08. The summed E-state index contributed by atoms with van der Waals surface area (Å²) in [4.78, 5) is 20.8. The predicted octanol–water partition coefficient (Wildman–Crippen LogP) is 1.38. The van der Waals surface area contributed by atoms with Crippen LogP contribution >= 0.6 is 0 Å². The van der Waals surface area contributed by atoms with Gasteiger partial charge in [0.15, 0.2) is 0 Å². The predicted molar refractivity (Wildman–Crippen MR) is 73.2 cm³/mol. The Morgan fingerprint density at radius 2 is 2.11 bits per heavy atom. The molecule has 0 aliphatic carbocycles. The molecule has 0 spiro atoms. The van der Waals surface area contributed by atoms with E-state index < -0.39 is 6.04 Å². The molecule has 2 aromatic rings. The summed E-state index contributed by atoms with van der Waals surface area (Å²) in [6, 6.07) is 7.04. The molecule has 0 aliphatic heterocycles. The van der Waals surface area contributed by atoms with Crippen molar-refractivity contribution in [2.45, 2.75) is 19.5 Å². The van der Waals surface area contributed by atoms with Gasteiger partial charge in [0.25, 0.3) is 0 Å². The van der Waals surface area contributed by atoms with Gasteiger partial charge in [-0.05, 0) is 12.5 Å². The summed E-state index contributed by atoms with van der Waals surface area (Å²) in [5, 5.41) is 0. The lowest BCUT2D eigenvalue weighted by molar-refractivity contribution is -0.132. The molecule has 0 saturated carbocycles. The van der Waals surface area contributed by atoms with Crippen molar-refractivity contribution in [3.63, 3.8) is 0 Å². The van der Waals surface area contributed by atoms with Crippen LogP contribution in [0.3, 0.4) is 0 Å². The Bertz CT molecular complexity index is 533. The first kappa shape index (κ1) is 13.3. The van der Waals surface area contributed by atoms with Crippen molar-refractivity contribution in [3.05, 3.63) is 53.6 Å². The molecule has 1 aromatic carbocycles. The Hall–Kier alpha value is -2.14. The topological polar surface area (TPSA) is 75.0 Å². The van der Waals surface area contributed by atoms with Crippen molar-refractivity contribution in [3.8, 4) is 0 Å². The maximum Gasteiger partial charge on any atom is 0.244 e. The number of nitrogens with two attached hydrogens (primary N) is 1. The van der Waals surface area contributed by atoms with E-state index in [-0.39, 0.29) is 5.91 Å². The minimum absolute atomic E-state index is 0.125. The summed E-state index contributed by atoms with van der Waals surface area (Å²) in [5.74, 6) is 0.618. The molecule has 1 atom stereocenters. The molecule has 1 unspecified atom stereocenters. The van der Waals surface area contributed by atoms with Crippen LogP contribution in [0.2, 0.25) is 0 Å². The van der Waals surface area contributed by atoms with Gasteiger partial charge in [-0.2, -0.15) is 0 Å². The highest BCUT2D eigenvalue weighted by molar-refractivity contribution is 5.82. The van der Waals surface area contributed by atoms with E-state index in [9.17, 15) is 4.79 Å². The van der Waals surface area contributed by atoms with Crippen molar-refractivity contribution in [2.75, 3.05) is 7.05 Å². The number of nitrogens with one attached hydrogen (secondary N) is 1. The number of hydrogen-bond acceptors (Lipinski definition) is 3. The lowest BCUT2D eigenvalue weighted by Crippen LogP contribution is -2.35. The van der Waals surface area contributed by atoms with Crippen LogP contribution in [0, 0.1) is 6.92 Å². The Morgan fingerprint density at radius 3 is 2.68 bits per heavy atom. The van der Waals surface area contributed by atoms with Crippen molar-refractivity contribution in [2.24, 2.45) is 5.73 Å². The van der Waals surface area contributed by atoms with Gasteiger partial charge in [0.2, 0.25) is 5.91 Å². The van der Waals surface area contributed by atoms with Crippen molar-refractivity contribution < 1.29 is 4.79 Å². The fourth-order valence-corrected chi connectivity index (χ4v) is 1.84. The number of amides is 1. The molecule has 19 heavy (non-hydrogen) atoms. The van der Waals surface area contributed by atoms with E-state index in [1.54, 1.807) is 24.3 Å². The van der Waals surface area contributed by atoms with Crippen molar-refractivity contribution >= 4 is 5.91 Å². The van der Waals surface area contributed by atoms with E-state index in [1.807, 2.05) is 31.2 Å². The Labute approximate surface area is 112 Å². The molecule has 5 heteroatoms. The van der Waals surface area contributed by atoms with Gasteiger partial charge in [-0.1, -0.05) is 29.8 Å². The van der Waals surface area contributed by atoms with Crippen LogP contribution in [0.25, 0.3) is 0 Å². The second-order valence-electron chi connectivity index (χ2n) is 4.62. The van der Waals surface area contributed by atoms with Gasteiger partial charge in [-0.3, -0.25) is 4.79 Å². The number of hydrogen-bond donors (Lipinski definition) is 2. The highest BCUT2D eigenvalue weighted by Gasteiger charge is 2.20. The van der Waals surface area contributed by atoms with E-state index in [0.29, 0.717) is 6.54 Å². The molecule has 0 bridgehead atoms. The summed E-state index contributed by atoms with van der Waals surface area (Å²) >= 11 is 0. The van der Waals surface area contributed by atoms with Gasteiger partial charge < -0.3 is 15.6 Å². The van der Waals surface area contributed by atoms with Crippen molar-refractivity contribution in [1.29, 1.82) is 0 Å². The summed E-state index contributed by atoms with van der Waals surface area (Å²) < 4.78 is 0. The van der Waals surface area contributed by atoms with Gasteiger partial charge in [0.05, 0.1) is 6.54 Å². The molecule has 5 nitrogen and oxygen atoms in total. The summed E-state index contributed by atoms with van der Waals surface area (Å²) in [7, 11) is 1.72. The number of aromatic amines is 1. The Morgan fingerprint density at radius 1 is 1.42 bits per heavy atom. The number of aromatic nitrogens is 2. The van der Waals surface area contributed by atoms with Gasteiger partial charge >= 0.3 is 0 Å². The molecule has 3 N–H and O–H groups in total. The number of nitrogens with zero attached hydrogens (tertiary/aromatic N) is 2. The van der Waals surface area contributed by atoms with E-state index in [4.69, 9.17) is 5.73 Å². The van der Waals surface area contributed by atoms with E-state index >= 15 is 0 Å². The largest absolute Gasteiger partial charge is 0.347 e. The molecule has 100 valence electrons. The number of benzene rings is 1. The van der Waals surface area contributed by atoms with Gasteiger partial charge in [0.1, 0.15) is 11.9 Å². The standard InChI is InChI=1S/C14H18N4O/c1-10-3-5-11(6-4-10)13(15)14(19)18(2)9-12-16-7-8-17-12/h3-8,13H,9,15H2,1-2H3,(H,16,17). The number of aryl methyl sites for hydroxylation is 1.